The van der Waals surface area contributed by atoms with Crippen LogP contribution in [0.1, 0.15) is 58.3 Å². The highest BCUT2D eigenvalue weighted by Gasteiger charge is 2.23. The predicted octanol–water partition coefficient (Wildman–Crippen LogP) is 4.60. The molecule has 2 rings (SSSR count). The molecule has 0 radical (unpaired) electrons. The van der Waals surface area contributed by atoms with E-state index < -0.39 is 5.54 Å². The van der Waals surface area contributed by atoms with Gasteiger partial charge in [0.1, 0.15) is 0 Å². The number of hydrogen-bond donors (Lipinski definition) is 3. The van der Waals surface area contributed by atoms with E-state index in [2.05, 4.69) is 43.4 Å². The van der Waals surface area contributed by atoms with Gasteiger partial charge in [-0.25, -0.2) is 0 Å². The first kappa shape index (κ1) is 25.2. The van der Waals surface area contributed by atoms with Crippen LogP contribution in [0.3, 0.4) is 0 Å². The molecule has 0 unspecified atom stereocenters. The Morgan fingerprint density at radius 1 is 1.00 bits per heavy atom. The normalized spacial score (nSPS) is 17.0. The molecule has 0 aromatic heterocycles. The van der Waals surface area contributed by atoms with Crippen LogP contribution in [0.5, 0.6) is 0 Å². The number of allylic oxidation sites excluding steroid dienone is 10. The zero-order chi connectivity index (χ0) is 22.5. The zero-order valence-electron chi connectivity index (χ0n) is 19.1. The van der Waals surface area contributed by atoms with E-state index in [1.54, 1.807) is 7.11 Å². The minimum Gasteiger partial charge on any atom is -0.493 e. The average molecular weight is 430 g/mol. The summed E-state index contributed by atoms with van der Waals surface area (Å²) in [7, 11) is 1.68. The summed E-state index contributed by atoms with van der Waals surface area (Å²) in [4.78, 5) is 0. The Bertz CT molecular complexity index is 751. The van der Waals surface area contributed by atoms with Crippen molar-refractivity contribution >= 4 is 0 Å². The van der Waals surface area contributed by atoms with Gasteiger partial charge in [0, 0.05) is 0 Å². The van der Waals surface area contributed by atoms with Gasteiger partial charge in [0.25, 0.3) is 0 Å². The van der Waals surface area contributed by atoms with Crippen LogP contribution >= 0.6 is 0 Å². The Morgan fingerprint density at radius 2 is 1.77 bits per heavy atom. The second kappa shape index (κ2) is 13.4. The second-order valence-electron chi connectivity index (χ2n) is 8.35. The quantitative estimate of drug-likeness (QED) is 0.373. The lowest BCUT2D eigenvalue weighted by Crippen LogP contribution is -2.47. The SMILES string of the molecule is CCCCCCOC1=C(OC)C=C(C2=CC=C(CCC(N)(CO)CO)CC=C2)CC=C1. The molecule has 2 aliphatic rings. The van der Waals surface area contributed by atoms with Crippen molar-refractivity contribution < 1.29 is 19.7 Å². The molecule has 0 atom stereocenters. The summed E-state index contributed by atoms with van der Waals surface area (Å²) in [5.74, 6) is 1.54. The van der Waals surface area contributed by atoms with Crippen molar-refractivity contribution in [2.24, 2.45) is 5.73 Å². The highest BCUT2D eigenvalue weighted by Crippen LogP contribution is 2.28. The Balaban J connectivity index is 2.09. The topological polar surface area (TPSA) is 84.9 Å². The summed E-state index contributed by atoms with van der Waals surface area (Å²) in [5, 5.41) is 18.8. The van der Waals surface area contributed by atoms with Crippen molar-refractivity contribution in [3.63, 3.8) is 0 Å². The molecular weight excluding hydrogens is 390 g/mol. The fourth-order valence-electron chi connectivity index (χ4n) is 3.54. The van der Waals surface area contributed by atoms with Gasteiger partial charge >= 0.3 is 0 Å². The lowest BCUT2D eigenvalue weighted by Gasteiger charge is -2.24. The molecule has 0 saturated heterocycles. The monoisotopic (exact) mass is 429 g/mol. The third-order valence-electron chi connectivity index (χ3n) is 5.75. The van der Waals surface area contributed by atoms with Gasteiger partial charge in [0.15, 0.2) is 11.5 Å². The van der Waals surface area contributed by atoms with E-state index in [1.165, 1.54) is 30.4 Å². The molecule has 31 heavy (non-hydrogen) atoms. The van der Waals surface area contributed by atoms with Crippen LogP contribution in [-0.2, 0) is 9.47 Å². The van der Waals surface area contributed by atoms with E-state index in [4.69, 9.17) is 15.2 Å². The van der Waals surface area contributed by atoms with Crippen LogP contribution in [0.4, 0.5) is 0 Å². The van der Waals surface area contributed by atoms with Crippen molar-refractivity contribution in [1.29, 1.82) is 0 Å². The minimum absolute atomic E-state index is 0.220. The standard InChI is InChI=1S/C26H39NO4/c1-3-4-5-6-17-31-24-12-8-11-23(18-25(24)30-2)22-10-7-9-21(13-14-22)15-16-26(27,19-28)20-29/h7-8,10,12-14,18,28-29H,3-6,9,11,15-17,19-20,27H2,1-2H3. The van der Waals surface area contributed by atoms with Crippen molar-refractivity contribution in [1.82, 2.24) is 0 Å². The van der Waals surface area contributed by atoms with Gasteiger partial charge < -0.3 is 25.4 Å². The molecule has 0 amide bonds. The van der Waals surface area contributed by atoms with E-state index in [0.29, 0.717) is 13.0 Å². The first-order valence-corrected chi connectivity index (χ1v) is 11.4. The van der Waals surface area contributed by atoms with E-state index in [9.17, 15) is 10.2 Å². The van der Waals surface area contributed by atoms with Crippen LogP contribution in [0.2, 0.25) is 0 Å². The Kier molecular flexibility index (Phi) is 10.9. The highest BCUT2D eigenvalue weighted by atomic mass is 16.5. The fourth-order valence-corrected chi connectivity index (χ4v) is 3.54. The summed E-state index contributed by atoms with van der Waals surface area (Å²) >= 11 is 0. The van der Waals surface area contributed by atoms with Gasteiger partial charge in [-0.3, -0.25) is 0 Å². The highest BCUT2D eigenvalue weighted by molar-refractivity contribution is 5.49. The van der Waals surface area contributed by atoms with Crippen molar-refractivity contribution in [2.75, 3.05) is 26.9 Å². The average Bonchev–Trinajstić information content (AvgIpc) is 3.15. The van der Waals surface area contributed by atoms with Crippen molar-refractivity contribution in [3.8, 4) is 0 Å². The predicted molar refractivity (Wildman–Crippen MR) is 126 cm³/mol. The molecular formula is C26H39NO4. The van der Waals surface area contributed by atoms with Crippen LogP contribution in [0.15, 0.2) is 70.8 Å². The zero-order valence-corrected chi connectivity index (χ0v) is 19.1. The smallest absolute Gasteiger partial charge is 0.161 e. The third kappa shape index (κ3) is 8.17. The summed E-state index contributed by atoms with van der Waals surface area (Å²) in [6.45, 7) is 2.47. The number of rotatable bonds is 13. The lowest BCUT2D eigenvalue weighted by molar-refractivity contribution is 0.114. The van der Waals surface area contributed by atoms with Gasteiger partial charge in [-0.2, -0.15) is 0 Å². The van der Waals surface area contributed by atoms with Gasteiger partial charge in [0.05, 0.1) is 32.5 Å². The van der Waals surface area contributed by atoms with Crippen LogP contribution in [-0.4, -0.2) is 42.7 Å². The van der Waals surface area contributed by atoms with Crippen molar-refractivity contribution in [3.05, 3.63) is 70.8 Å². The Labute approximate surface area is 187 Å². The number of aliphatic hydroxyl groups is 2. The number of methoxy groups -OCH3 is 1. The molecule has 2 aliphatic carbocycles. The fraction of sp³-hybridized carbons (Fsp3) is 0.538. The molecule has 0 heterocycles. The molecule has 0 aromatic rings. The number of nitrogens with two attached hydrogens (primary N) is 1. The third-order valence-corrected chi connectivity index (χ3v) is 5.75. The summed E-state index contributed by atoms with van der Waals surface area (Å²) < 4.78 is 11.6. The summed E-state index contributed by atoms with van der Waals surface area (Å²) in [6, 6.07) is 0. The summed E-state index contributed by atoms with van der Waals surface area (Å²) in [5.41, 5.74) is 8.62. The number of aliphatic hydroxyl groups excluding tert-OH is 2. The molecule has 0 aliphatic heterocycles. The molecule has 5 nitrogen and oxygen atoms in total. The van der Waals surface area contributed by atoms with Crippen LogP contribution < -0.4 is 5.73 Å². The van der Waals surface area contributed by atoms with Gasteiger partial charge in [0.2, 0.25) is 0 Å². The molecule has 0 bridgehead atoms. The Hall–Kier alpha value is -2.08. The maximum atomic E-state index is 9.40. The lowest BCUT2D eigenvalue weighted by atomic mass is 9.93. The maximum absolute atomic E-state index is 9.40. The van der Waals surface area contributed by atoms with Gasteiger partial charge in [-0.15, -0.1) is 0 Å². The number of hydrogen-bond acceptors (Lipinski definition) is 5. The first-order chi connectivity index (χ1) is 15.0. The molecule has 172 valence electrons. The van der Waals surface area contributed by atoms with Crippen LogP contribution in [0.25, 0.3) is 0 Å². The van der Waals surface area contributed by atoms with E-state index >= 15 is 0 Å². The maximum Gasteiger partial charge on any atom is 0.161 e. The van der Waals surface area contributed by atoms with E-state index in [1.807, 2.05) is 6.08 Å². The molecule has 5 heteroatoms. The molecule has 0 aromatic carbocycles. The van der Waals surface area contributed by atoms with Gasteiger partial charge in [-0.05, 0) is 55.4 Å². The first-order valence-electron chi connectivity index (χ1n) is 11.4. The van der Waals surface area contributed by atoms with E-state index in [-0.39, 0.29) is 13.2 Å². The molecule has 0 fully saturated rings. The number of unbranched alkanes of at least 4 members (excludes halogenated alkanes) is 3. The number of ether oxygens (including phenoxy) is 2. The molecule has 4 N–H and O–H groups in total. The summed E-state index contributed by atoms with van der Waals surface area (Å²) in [6.07, 6.45) is 22.3. The minimum atomic E-state index is -0.927. The molecule has 0 spiro atoms. The largest absolute Gasteiger partial charge is 0.493 e. The van der Waals surface area contributed by atoms with E-state index in [0.717, 1.165) is 42.8 Å². The van der Waals surface area contributed by atoms with Gasteiger partial charge in [-0.1, -0.05) is 62.1 Å². The second-order valence-corrected chi connectivity index (χ2v) is 8.35. The molecule has 0 saturated carbocycles. The Morgan fingerprint density at radius 3 is 2.48 bits per heavy atom. The van der Waals surface area contributed by atoms with Crippen molar-refractivity contribution in [2.45, 2.75) is 63.8 Å². The van der Waals surface area contributed by atoms with Crippen LogP contribution in [0, 0.1) is 0 Å².